The van der Waals surface area contributed by atoms with E-state index in [2.05, 4.69) is 27.7 Å². The van der Waals surface area contributed by atoms with Gasteiger partial charge in [-0.25, -0.2) is 0 Å². The average Bonchev–Trinajstić information content (AvgIpc) is 3.05. The van der Waals surface area contributed by atoms with E-state index in [4.69, 9.17) is 4.74 Å². The molecule has 4 fully saturated rings. The second-order valence-electron chi connectivity index (χ2n) is 14.3. The lowest BCUT2D eigenvalue weighted by molar-refractivity contribution is -0.179. The minimum absolute atomic E-state index is 0.00215. The third-order valence-corrected chi connectivity index (χ3v) is 12.4. The van der Waals surface area contributed by atoms with Gasteiger partial charge in [0.05, 0.1) is 11.2 Å². The molecule has 10 atom stereocenters. The maximum atomic E-state index is 12.3. The molecule has 0 radical (unpaired) electrons. The van der Waals surface area contributed by atoms with Crippen molar-refractivity contribution in [2.45, 2.75) is 143 Å². The van der Waals surface area contributed by atoms with Gasteiger partial charge < -0.3 is 14.9 Å². The Morgan fingerprint density at radius 2 is 1.71 bits per heavy atom. The van der Waals surface area contributed by atoms with E-state index >= 15 is 0 Å². The molecule has 0 unspecified atom stereocenters. The zero-order valence-electron chi connectivity index (χ0n) is 23.7. The van der Waals surface area contributed by atoms with Gasteiger partial charge in [0.15, 0.2) is 0 Å². The highest BCUT2D eigenvalue weighted by atomic mass is 16.5. The highest BCUT2D eigenvalue weighted by molar-refractivity contribution is 5.66. The molecule has 4 nitrogen and oxygen atoms in total. The van der Waals surface area contributed by atoms with E-state index < -0.39 is 11.2 Å². The van der Waals surface area contributed by atoms with Gasteiger partial charge in [0.25, 0.3) is 0 Å². The Bertz CT molecular complexity index is 772. The molecule has 0 aromatic heterocycles. The maximum Gasteiger partial charge on any atom is 0.302 e. The minimum Gasteiger partial charge on any atom is -0.463 e. The van der Waals surface area contributed by atoms with Crippen molar-refractivity contribution in [3.63, 3.8) is 0 Å². The molecular weight excluding hydrogens is 436 g/mol. The van der Waals surface area contributed by atoms with Crippen LogP contribution >= 0.6 is 0 Å². The van der Waals surface area contributed by atoms with Crippen LogP contribution in [-0.2, 0) is 9.53 Å². The van der Waals surface area contributed by atoms with E-state index in [1.54, 1.807) is 6.92 Å². The Morgan fingerprint density at radius 1 is 1.03 bits per heavy atom. The number of hydrogen-bond donors (Lipinski definition) is 2. The van der Waals surface area contributed by atoms with Crippen LogP contribution < -0.4 is 0 Å². The summed E-state index contributed by atoms with van der Waals surface area (Å²) in [5.74, 6) is 3.17. The molecule has 0 bridgehead atoms. The van der Waals surface area contributed by atoms with Crippen LogP contribution in [0.1, 0.15) is 126 Å². The molecule has 0 saturated heterocycles. The van der Waals surface area contributed by atoms with Crippen molar-refractivity contribution in [3.05, 3.63) is 0 Å². The Kier molecular flexibility index (Phi) is 7.53. The van der Waals surface area contributed by atoms with Crippen molar-refractivity contribution in [1.29, 1.82) is 0 Å². The van der Waals surface area contributed by atoms with Gasteiger partial charge in [0.1, 0.15) is 6.10 Å². The van der Waals surface area contributed by atoms with Gasteiger partial charge >= 0.3 is 5.97 Å². The number of ether oxygens (including phenoxy) is 1. The van der Waals surface area contributed by atoms with E-state index in [0.717, 1.165) is 63.2 Å². The Balaban J connectivity index is 1.47. The predicted molar refractivity (Wildman–Crippen MR) is 141 cm³/mol. The first kappa shape index (κ1) is 27.4. The van der Waals surface area contributed by atoms with Crippen LogP contribution in [0, 0.1) is 46.3 Å². The lowest BCUT2D eigenvalue weighted by atomic mass is 9.44. The quantitative estimate of drug-likeness (QED) is 0.381. The van der Waals surface area contributed by atoms with Crippen LogP contribution in [0.5, 0.6) is 0 Å². The molecule has 202 valence electrons. The predicted octanol–water partition coefficient (Wildman–Crippen LogP) is 6.91. The van der Waals surface area contributed by atoms with Gasteiger partial charge in [-0.1, -0.05) is 34.1 Å². The first-order chi connectivity index (χ1) is 16.3. The van der Waals surface area contributed by atoms with Gasteiger partial charge in [-0.05, 0) is 131 Å². The zero-order chi connectivity index (χ0) is 25.8. The Morgan fingerprint density at radius 3 is 2.34 bits per heavy atom. The van der Waals surface area contributed by atoms with E-state index in [9.17, 15) is 15.0 Å². The molecule has 0 heterocycles. The van der Waals surface area contributed by atoms with Gasteiger partial charge in [-0.2, -0.15) is 0 Å². The summed E-state index contributed by atoms with van der Waals surface area (Å²) in [5.41, 5.74) is -0.887. The molecule has 4 aliphatic carbocycles. The second-order valence-corrected chi connectivity index (χ2v) is 14.3. The number of carbonyl (C=O) groups is 1. The fraction of sp³-hybridized carbons (Fsp3) is 0.968. The van der Waals surface area contributed by atoms with E-state index in [1.807, 2.05) is 13.8 Å². The summed E-state index contributed by atoms with van der Waals surface area (Å²) < 4.78 is 5.64. The molecule has 4 rings (SSSR count). The van der Waals surface area contributed by atoms with Crippen LogP contribution in [0.3, 0.4) is 0 Å². The molecule has 4 aliphatic rings. The molecule has 0 aromatic carbocycles. The highest BCUT2D eigenvalue weighted by Crippen LogP contribution is 2.69. The molecule has 35 heavy (non-hydrogen) atoms. The molecule has 0 aliphatic heterocycles. The van der Waals surface area contributed by atoms with E-state index in [-0.39, 0.29) is 29.3 Å². The third-order valence-electron chi connectivity index (χ3n) is 12.4. The number of aliphatic hydroxyl groups is 2. The van der Waals surface area contributed by atoms with Crippen LogP contribution in [0.2, 0.25) is 0 Å². The first-order valence-corrected chi connectivity index (χ1v) is 14.9. The fourth-order valence-corrected chi connectivity index (χ4v) is 10.2. The van der Waals surface area contributed by atoms with Crippen molar-refractivity contribution in [2.75, 3.05) is 0 Å². The third kappa shape index (κ3) is 4.62. The van der Waals surface area contributed by atoms with Crippen LogP contribution in [-0.4, -0.2) is 33.5 Å². The zero-order valence-corrected chi connectivity index (χ0v) is 23.7. The summed E-state index contributed by atoms with van der Waals surface area (Å²) in [4.78, 5) is 11.5. The number of hydrogen-bond acceptors (Lipinski definition) is 4. The minimum atomic E-state index is -0.653. The van der Waals surface area contributed by atoms with Crippen LogP contribution in [0.4, 0.5) is 0 Å². The second kappa shape index (κ2) is 9.61. The van der Waals surface area contributed by atoms with Crippen LogP contribution in [0.25, 0.3) is 0 Å². The fourth-order valence-electron chi connectivity index (χ4n) is 10.2. The summed E-state index contributed by atoms with van der Waals surface area (Å²) >= 11 is 0. The number of fused-ring (bicyclic) bond motifs is 5. The number of esters is 1. The van der Waals surface area contributed by atoms with E-state index in [0.29, 0.717) is 17.3 Å². The normalized spacial score (nSPS) is 45.1. The molecular formula is C31H54O4. The first-order valence-electron chi connectivity index (χ1n) is 14.9. The Labute approximate surface area is 215 Å². The largest absolute Gasteiger partial charge is 0.463 e. The molecule has 4 heteroatoms. The lowest BCUT2D eigenvalue weighted by Gasteiger charge is -2.62. The highest BCUT2D eigenvalue weighted by Gasteiger charge is 2.65. The number of carbonyl (C=O) groups excluding carboxylic acids is 1. The molecule has 4 saturated carbocycles. The molecule has 0 aromatic rings. The van der Waals surface area contributed by atoms with Gasteiger partial charge in [-0.3, -0.25) is 4.79 Å². The van der Waals surface area contributed by atoms with Gasteiger partial charge in [-0.15, -0.1) is 0 Å². The lowest BCUT2D eigenvalue weighted by Crippen LogP contribution is -2.58. The monoisotopic (exact) mass is 490 g/mol. The summed E-state index contributed by atoms with van der Waals surface area (Å²) in [6.45, 7) is 14.8. The SMILES string of the molecule is CC[C@H](CC[C@@H](C)[C@@]1(O)CC[C@H]2[C@@H]3CC[C@H]4C[C@@H](OC(C)=O)CC[C@]4(C)[C@H]3CC[C@@]21C)C(C)(C)O. The molecule has 0 spiro atoms. The maximum absolute atomic E-state index is 12.3. The van der Waals surface area contributed by atoms with Crippen molar-refractivity contribution in [2.24, 2.45) is 46.3 Å². The van der Waals surface area contributed by atoms with Crippen molar-refractivity contribution < 1.29 is 19.7 Å². The van der Waals surface area contributed by atoms with Crippen molar-refractivity contribution in [1.82, 2.24) is 0 Å². The summed E-state index contributed by atoms with van der Waals surface area (Å²) in [6.07, 6.45) is 13.3. The summed E-state index contributed by atoms with van der Waals surface area (Å²) in [6, 6.07) is 0. The van der Waals surface area contributed by atoms with Crippen LogP contribution in [0.15, 0.2) is 0 Å². The van der Waals surface area contributed by atoms with Crippen molar-refractivity contribution in [3.8, 4) is 0 Å². The van der Waals surface area contributed by atoms with Crippen molar-refractivity contribution >= 4 is 5.97 Å². The van der Waals surface area contributed by atoms with Gasteiger partial charge in [0, 0.05) is 6.92 Å². The molecule has 2 N–H and O–H groups in total. The smallest absolute Gasteiger partial charge is 0.302 e. The van der Waals surface area contributed by atoms with E-state index in [1.165, 1.54) is 25.7 Å². The van der Waals surface area contributed by atoms with Gasteiger partial charge in [0.2, 0.25) is 0 Å². The standard InChI is InChI=1S/C31H54O4/c1-8-22(28(4,5)33)10-9-20(2)31(34)18-15-27-25-12-11-23-19-24(35-21(3)32)13-16-29(23,6)26(25)14-17-30(27,31)7/h20,22-27,33-34H,8-19H2,1-7H3/t20-,22-,23+,24+,25-,26+,27+,29+,30+,31+/m1/s1. The summed E-state index contributed by atoms with van der Waals surface area (Å²) in [5, 5.41) is 22.9. The number of rotatable bonds is 7. The Hall–Kier alpha value is -0.610. The topological polar surface area (TPSA) is 66.8 Å². The summed E-state index contributed by atoms with van der Waals surface area (Å²) in [7, 11) is 0. The molecule has 0 amide bonds. The average molecular weight is 491 g/mol.